The molecule has 0 aliphatic heterocycles. The van der Waals surface area contributed by atoms with Crippen molar-refractivity contribution in [1.82, 2.24) is 0 Å². The lowest BCUT2D eigenvalue weighted by Crippen LogP contribution is -1.90. The van der Waals surface area contributed by atoms with Gasteiger partial charge in [0.1, 0.15) is 11.5 Å². The molecule has 0 N–H and O–H groups in total. The van der Waals surface area contributed by atoms with E-state index in [1.165, 1.54) is 0 Å². The Morgan fingerprint density at radius 1 is 1.11 bits per heavy atom. The molecule has 0 amide bonds. The van der Waals surface area contributed by atoms with Gasteiger partial charge in [-0.1, -0.05) is 31.9 Å². The van der Waals surface area contributed by atoms with Crippen LogP contribution in [0.2, 0.25) is 0 Å². The second-order valence-electron chi connectivity index (χ2n) is 3.90. The fourth-order valence-electron chi connectivity index (χ4n) is 1.56. The van der Waals surface area contributed by atoms with Gasteiger partial charge in [0.15, 0.2) is 0 Å². The van der Waals surface area contributed by atoms with Crippen molar-refractivity contribution in [2.24, 2.45) is 0 Å². The number of aryl methyl sites for hydroxylation is 1. The number of halogens is 3. The van der Waals surface area contributed by atoms with Crippen molar-refractivity contribution in [3.05, 3.63) is 56.5 Å². The average Bonchev–Trinajstić information content (AvgIpc) is 2.36. The van der Waals surface area contributed by atoms with E-state index in [1.54, 1.807) is 0 Å². The maximum atomic E-state index is 5.92. The predicted octanol–water partition coefficient (Wildman–Crippen LogP) is 6.05. The summed E-state index contributed by atoms with van der Waals surface area (Å²) < 4.78 is 7.94. The van der Waals surface area contributed by atoms with Crippen LogP contribution in [-0.2, 0) is 5.88 Å². The first-order valence-corrected chi connectivity index (χ1v) is 7.50. The zero-order valence-corrected chi connectivity index (χ0v) is 13.6. The quantitative estimate of drug-likeness (QED) is 0.580. The molecular formula is C14H11Br2ClO. The zero-order valence-electron chi connectivity index (χ0n) is 9.71. The maximum absolute atomic E-state index is 5.92. The number of rotatable bonds is 3. The first-order chi connectivity index (χ1) is 8.60. The van der Waals surface area contributed by atoms with E-state index in [0.29, 0.717) is 5.88 Å². The molecule has 0 heterocycles. The molecule has 0 fully saturated rings. The van der Waals surface area contributed by atoms with Crippen LogP contribution in [0.15, 0.2) is 45.3 Å². The van der Waals surface area contributed by atoms with Crippen molar-refractivity contribution in [3.8, 4) is 11.5 Å². The third-order valence-electron chi connectivity index (χ3n) is 2.52. The van der Waals surface area contributed by atoms with Crippen LogP contribution < -0.4 is 4.74 Å². The molecule has 0 saturated heterocycles. The van der Waals surface area contributed by atoms with Gasteiger partial charge in [-0.15, -0.1) is 11.6 Å². The van der Waals surface area contributed by atoms with Gasteiger partial charge in [-0.25, -0.2) is 0 Å². The van der Waals surface area contributed by atoms with E-state index < -0.39 is 0 Å². The molecule has 0 aromatic heterocycles. The summed E-state index contributed by atoms with van der Waals surface area (Å²) in [5.74, 6) is 2.02. The van der Waals surface area contributed by atoms with E-state index in [-0.39, 0.29) is 0 Å². The molecule has 0 saturated carbocycles. The highest BCUT2D eigenvalue weighted by molar-refractivity contribution is 9.10. The van der Waals surface area contributed by atoms with E-state index in [2.05, 4.69) is 31.9 Å². The van der Waals surface area contributed by atoms with Gasteiger partial charge >= 0.3 is 0 Å². The minimum Gasteiger partial charge on any atom is -0.457 e. The predicted molar refractivity (Wildman–Crippen MR) is 82.7 cm³/mol. The van der Waals surface area contributed by atoms with Crippen LogP contribution >= 0.6 is 43.5 Å². The second kappa shape index (κ2) is 6.09. The molecule has 0 bridgehead atoms. The normalized spacial score (nSPS) is 10.4. The number of hydrogen-bond donors (Lipinski definition) is 0. The number of ether oxygens (including phenoxy) is 1. The molecule has 0 aliphatic carbocycles. The monoisotopic (exact) mass is 388 g/mol. The van der Waals surface area contributed by atoms with Gasteiger partial charge in [0.25, 0.3) is 0 Å². The van der Waals surface area contributed by atoms with Crippen molar-refractivity contribution in [2.45, 2.75) is 12.8 Å². The van der Waals surface area contributed by atoms with E-state index in [9.17, 15) is 0 Å². The number of alkyl halides is 1. The van der Waals surface area contributed by atoms with Crippen molar-refractivity contribution >= 4 is 43.5 Å². The van der Waals surface area contributed by atoms with Crippen LogP contribution in [0.25, 0.3) is 0 Å². The summed E-state index contributed by atoms with van der Waals surface area (Å²) in [6.45, 7) is 2.03. The van der Waals surface area contributed by atoms with E-state index in [1.807, 2.05) is 43.3 Å². The summed E-state index contributed by atoms with van der Waals surface area (Å²) in [6.07, 6.45) is 0. The molecule has 0 spiro atoms. The summed E-state index contributed by atoms with van der Waals surface area (Å²) in [5.41, 5.74) is 2.10. The zero-order chi connectivity index (χ0) is 13.1. The molecule has 94 valence electrons. The van der Waals surface area contributed by atoms with Gasteiger partial charge in [-0.2, -0.15) is 0 Å². The Labute approximate surface area is 128 Å². The van der Waals surface area contributed by atoms with E-state index >= 15 is 0 Å². The highest BCUT2D eigenvalue weighted by Crippen LogP contribution is 2.30. The van der Waals surface area contributed by atoms with Gasteiger partial charge in [0.05, 0.1) is 5.88 Å². The molecule has 1 nitrogen and oxygen atoms in total. The van der Waals surface area contributed by atoms with Gasteiger partial charge in [0, 0.05) is 14.5 Å². The van der Waals surface area contributed by atoms with Crippen molar-refractivity contribution in [1.29, 1.82) is 0 Å². The molecule has 0 aliphatic rings. The Bertz CT molecular complexity index is 570. The minimum atomic E-state index is 0.421. The fourth-order valence-corrected chi connectivity index (χ4v) is 2.42. The minimum absolute atomic E-state index is 0.421. The third-order valence-corrected chi connectivity index (χ3v) is 4.19. The highest BCUT2D eigenvalue weighted by Gasteiger charge is 2.06. The molecule has 2 rings (SSSR count). The summed E-state index contributed by atoms with van der Waals surface area (Å²) in [7, 11) is 0. The van der Waals surface area contributed by atoms with Crippen LogP contribution in [0.3, 0.4) is 0 Å². The van der Waals surface area contributed by atoms with Gasteiger partial charge in [-0.05, 0) is 48.9 Å². The van der Waals surface area contributed by atoms with E-state index in [0.717, 1.165) is 31.6 Å². The lowest BCUT2D eigenvalue weighted by Gasteiger charge is -2.11. The summed E-state index contributed by atoms with van der Waals surface area (Å²) in [6, 6.07) is 11.7. The Hall–Kier alpha value is -0.510. The Balaban J connectivity index is 2.30. The SMILES string of the molecule is Cc1cc(Oc2ccc(Br)cc2CCl)ccc1Br. The third kappa shape index (κ3) is 3.28. The van der Waals surface area contributed by atoms with Crippen LogP contribution in [0.5, 0.6) is 11.5 Å². The van der Waals surface area contributed by atoms with Crippen LogP contribution in [0.1, 0.15) is 11.1 Å². The molecule has 2 aromatic carbocycles. The van der Waals surface area contributed by atoms with E-state index in [4.69, 9.17) is 16.3 Å². The molecule has 0 unspecified atom stereocenters. The van der Waals surface area contributed by atoms with Crippen LogP contribution in [-0.4, -0.2) is 0 Å². The Morgan fingerprint density at radius 2 is 1.89 bits per heavy atom. The molecule has 0 radical (unpaired) electrons. The first-order valence-electron chi connectivity index (χ1n) is 5.38. The molecule has 0 atom stereocenters. The summed E-state index contributed by atoms with van der Waals surface area (Å²) in [4.78, 5) is 0. The largest absolute Gasteiger partial charge is 0.457 e. The van der Waals surface area contributed by atoms with Gasteiger partial charge in [-0.3, -0.25) is 0 Å². The highest BCUT2D eigenvalue weighted by atomic mass is 79.9. The van der Waals surface area contributed by atoms with Crippen LogP contribution in [0.4, 0.5) is 0 Å². The molecule has 2 aromatic rings. The number of benzene rings is 2. The Morgan fingerprint density at radius 3 is 2.56 bits per heavy atom. The standard InChI is InChI=1S/C14H11Br2ClO/c1-9-6-12(3-4-13(9)16)18-14-5-2-11(15)7-10(14)8-17/h2-7H,8H2,1H3. The van der Waals surface area contributed by atoms with Crippen molar-refractivity contribution < 1.29 is 4.74 Å². The fraction of sp³-hybridized carbons (Fsp3) is 0.143. The summed E-state index contributed by atoms with van der Waals surface area (Å²) in [5, 5.41) is 0. The topological polar surface area (TPSA) is 9.23 Å². The van der Waals surface area contributed by atoms with Crippen molar-refractivity contribution in [2.75, 3.05) is 0 Å². The Kier molecular flexibility index (Phi) is 4.71. The molecular weight excluding hydrogens is 379 g/mol. The van der Waals surface area contributed by atoms with Crippen molar-refractivity contribution in [3.63, 3.8) is 0 Å². The van der Waals surface area contributed by atoms with Gasteiger partial charge in [0.2, 0.25) is 0 Å². The lowest BCUT2D eigenvalue weighted by atomic mass is 10.2. The lowest BCUT2D eigenvalue weighted by molar-refractivity contribution is 0.477. The molecule has 4 heteroatoms. The number of hydrogen-bond acceptors (Lipinski definition) is 1. The average molecular weight is 391 g/mol. The maximum Gasteiger partial charge on any atom is 0.131 e. The van der Waals surface area contributed by atoms with Gasteiger partial charge < -0.3 is 4.74 Å². The molecule has 18 heavy (non-hydrogen) atoms. The summed E-state index contributed by atoms with van der Waals surface area (Å²) >= 11 is 12.8. The smallest absolute Gasteiger partial charge is 0.131 e. The second-order valence-corrected chi connectivity index (χ2v) is 5.94. The first kappa shape index (κ1) is 13.9. The van der Waals surface area contributed by atoms with Crippen LogP contribution in [0, 0.1) is 6.92 Å².